The van der Waals surface area contributed by atoms with Crippen molar-refractivity contribution in [2.24, 2.45) is 0 Å². The van der Waals surface area contributed by atoms with Crippen molar-refractivity contribution in [2.75, 3.05) is 6.61 Å². The van der Waals surface area contributed by atoms with Gasteiger partial charge in [0.15, 0.2) is 0 Å². The summed E-state index contributed by atoms with van der Waals surface area (Å²) in [4.78, 5) is 4.15. The van der Waals surface area contributed by atoms with Gasteiger partial charge in [-0.05, 0) is 19.8 Å². The zero-order chi connectivity index (χ0) is 12.0. The number of aromatic nitrogens is 2. The molecule has 2 unspecified atom stereocenters. The Morgan fingerprint density at radius 3 is 2.81 bits per heavy atom. The zero-order valence-corrected chi connectivity index (χ0v) is 10.5. The third-order valence-corrected chi connectivity index (χ3v) is 2.85. The molecule has 0 bridgehead atoms. The lowest BCUT2D eigenvalue weighted by Crippen LogP contribution is -2.33. The summed E-state index contributed by atoms with van der Waals surface area (Å²) in [5.74, 6) is 0. The predicted molar refractivity (Wildman–Crippen MR) is 65.2 cm³/mol. The smallest absolute Gasteiger partial charge is 0.0948 e. The molecule has 16 heavy (non-hydrogen) atoms. The second kappa shape index (κ2) is 6.66. The van der Waals surface area contributed by atoms with Crippen molar-refractivity contribution in [2.45, 2.75) is 52.2 Å². The van der Waals surface area contributed by atoms with Crippen LogP contribution in [0.25, 0.3) is 0 Å². The monoisotopic (exact) mass is 225 g/mol. The third-order valence-electron chi connectivity index (χ3n) is 2.85. The Morgan fingerprint density at radius 2 is 2.25 bits per heavy atom. The summed E-state index contributed by atoms with van der Waals surface area (Å²) in [5.41, 5.74) is 1.07. The van der Waals surface area contributed by atoms with Crippen LogP contribution in [-0.4, -0.2) is 27.3 Å². The molecule has 1 rings (SSSR count). The van der Waals surface area contributed by atoms with Crippen molar-refractivity contribution in [3.05, 3.63) is 18.2 Å². The average molecular weight is 225 g/mol. The second-order valence-electron chi connectivity index (χ2n) is 4.22. The summed E-state index contributed by atoms with van der Waals surface area (Å²) in [5, 5.41) is 12.8. The summed E-state index contributed by atoms with van der Waals surface area (Å²) < 4.78 is 2.11. The Labute approximate surface area is 97.7 Å². The minimum atomic E-state index is -0.0102. The van der Waals surface area contributed by atoms with Gasteiger partial charge in [-0.25, -0.2) is 4.98 Å². The van der Waals surface area contributed by atoms with Crippen molar-refractivity contribution < 1.29 is 5.11 Å². The molecule has 0 aliphatic heterocycles. The summed E-state index contributed by atoms with van der Waals surface area (Å²) in [6.07, 6.45) is 5.80. The lowest BCUT2D eigenvalue weighted by atomic mass is 10.1. The van der Waals surface area contributed by atoms with E-state index in [1.807, 2.05) is 12.5 Å². The topological polar surface area (TPSA) is 50.1 Å². The summed E-state index contributed by atoms with van der Waals surface area (Å²) in [6, 6.07) is 0.395. The molecule has 0 fully saturated rings. The summed E-state index contributed by atoms with van der Waals surface area (Å²) >= 11 is 0. The molecule has 0 spiro atoms. The molecule has 0 aromatic carbocycles. The molecule has 1 aromatic rings. The Morgan fingerprint density at radius 1 is 1.50 bits per heavy atom. The van der Waals surface area contributed by atoms with E-state index in [-0.39, 0.29) is 12.6 Å². The van der Waals surface area contributed by atoms with Crippen LogP contribution in [0.5, 0.6) is 0 Å². The van der Waals surface area contributed by atoms with Crippen LogP contribution in [0.2, 0.25) is 0 Å². The first-order valence-electron chi connectivity index (χ1n) is 6.09. The van der Waals surface area contributed by atoms with Crippen LogP contribution in [0.15, 0.2) is 12.5 Å². The van der Waals surface area contributed by atoms with Gasteiger partial charge in [0.1, 0.15) is 0 Å². The maximum Gasteiger partial charge on any atom is 0.0948 e. The van der Waals surface area contributed by atoms with E-state index in [0.717, 1.165) is 25.1 Å². The molecule has 2 N–H and O–H groups in total. The van der Waals surface area contributed by atoms with E-state index >= 15 is 0 Å². The van der Waals surface area contributed by atoms with Gasteiger partial charge in [-0.1, -0.05) is 13.8 Å². The van der Waals surface area contributed by atoms with Crippen LogP contribution in [0, 0.1) is 0 Å². The van der Waals surface area contributed by atoms with Gasteiger partial charge in [0.05, 0.1) is 24.7 Å². The number of imidazole rings is 1. The molecule has 0 radical (unpaired) electrons. The van der Waals surface area contributed by atoms with Crippen LogP contribution in [0.1, 0.15) is 45.3 Å². The molecule has 4 nitrogen and oxygen atoms in total. The highest BCUT2D eigenvalue weighted by Gasteiger charge is 2.16. The first-order chi connectivity index (χ1) is 7.72. The second-order valence-corrected chi connectivity index (χ2v) is 4.22. The number of aliphatic hydroxyl groups is 1. The van der Waals surface area contributed by atoms with E-state index in [1.54, 1.807) is 0 Å². The van der Waals surface area contributed by atoms with Crippen molar-refractivity contribution in [3.63, 3.8) is 0 Å². The molecule has 0 amide bonds. The molecular weight excluding hydrogens is 202 g/mol. The highest BCUT2D eigenvalue weighted by atomic mass is 16.3. The van der Waals surface area contributed by atoms with Gasteiger partial charge in [-0.3, -0.25) is 0 Å². The van der Waals surface area contributed by atoms with Crippen LogP contribution >= 0.6 is 0 Å². The number of rotatable bonds is 7. The molecular formula is C12H23N3O. The molecule has 1 aromatic heterocycles. The fourth-order valence-corrected chi connectivity index (χ4v) is 1.74. The van der Waals surface area contributed by atoms with E-state index in [4.69, 9.17) is 0 Å². The third kappa shape index (κ3) is 3.32. The average Bonchev–Trinajstić information content (AvgIpc) is 2.74. The Kier molecular flexibility index (Phi) is 5.49. The Bertz CT molecular complexity index is 298. The molecule has 4 heteroatoms. The zero-order valence-electron chi connectivity index (χ0n) is 10.5. The molecule has 0 saturated heterocycles. The maximum atomic E-state index is 9.43. The lowest BCUT2D eigenvalue weighted by molar-refractivity contribution is 0.228. The Balaban J connectivity index is 2.73. The number of nitrogens with one attached hydrogen (secondary N) is 1. The summed E-state index contributed by atoms with van der Waals surface area (Å²) in [7, 11) is 0. The van der Waals surface area contributed by atoms with Crippen LogP contribution in [0.3, 0.4) is 0 Å². The predicted octanol–water partition coefficient (Wildman–Crippen LogP) is 1.71. The number of aryl methyl sites for hydroxylation is 1. The standard InChI is InChI=1S/C12H23N3O/c1-4-6-15-9-13-7-12(15)11(8-16)14-10(3)5-2/h7,9-11,14,16H,4-6,8H2,1-3H3. The van der Waals surface area contributed by atoms with Crippen molar-refractivity contribution >= 4 is 0 Å². The summed E-state index contributed by atoms with van der Waals surface area (Å²) in [6.45, 7) is 7.46. The van der Waals surface area contributed by atoms with Crippen LogP contribution in [0.4, 0.5) is 0 Å². The normalized spacial score (nSPS) is 15.0. The highest BCUT2D eigenvalue weighted by molar-refractivity contribution is 5.06. The number of hydrogen-bond acceptors (Lipinski definition) is 3. The minimum absolute atomic E-state index is 0.0102. The van der Waals surface area contributed by atoms with E-state index in [0.29, 0.717) is 6.04 Å². The Hall–Kier alpha value is -0.870. The van der Waals surface area contributed by atoms with Gasteiger partial charge >= 0.3 is 0 Å². The van der Waals surface area contributed by atoms with E-state index in [9.17, 15) is 5.11 Å². The molecule has 0 aliphatic rings. The van der Waals surface area contributed by atoms with E-state index in [2.05, 4.69) is 35.6 Å². The number of nitrogens with zero attached hydrogens (tertiary/aromatic N) is 2. The highest BCUT2D eigenvalue weighted by Crippen LogP contribution is 2.14. The van der Waals surface area contributed by atoms with Gasteiger partial charge in [0.25, 0.3) is 0 Å². The fourth-order valence-electron chi connectivity index (χ4n) is 1.74. The quantitative estimate of drug-likeness (QED) is 0.743. The number of hydrogen-bond donors (Lipinski definition) is 2. The largest absolute Gasteiger partial charge is 0.394 e. The van der Waals surface area contributed by atoms with Crippen molar-refractivity contribution in [1.82, 2.24) is 14.9 Å². The molecule has 92 valence electrons. The van der Waals surface area contributed by atoms with Crippen LogP contribution in [-0.2, 0) is 6.54 Å². The van der Waals surface area contributed by atoms with Gasteiger partial charge < -0.3 is 15.0 Å². The molecule has 1 heterocycles. The SMILES string of the molecule is CCCn1cncc1C(CO)NC(C)CC. The maximum absolute atomic E-state index is 9.43. The van der Waals surface area contributed by atoms with Crippen LogP contribution < -0.4 is 5.32 Å². The van der Waals surface area contributed by atoms with Gasteiger partial charge in [0.2, 0.25) is 0 Å². The van der Waals surface area contributed by atoms with E-state index < -0.39 is 0 Å². The molecule has 0 aliphatic carbocycles. The molecule has 0 saturated carbocycles. The fraction of sp³-hybridized carbons (Fsp3) is 0.750. The first kappa shape index (κ1) is 13.2. The van der Waals surface area contributed by atoms with Gasteiger partial charge in [-0.2, -0.15) is 0 Å². The van der Waals surface area contributed by atoms with E-state index in [1.165, 1.54) is 0 Å². The van der Waals surface area contributed by atoms with Crippen molar-refractivity contribution in [3.8, 4) is 0 Å². The first-order valence-corrected chi connectivity index (χ1v) is 6.09. The number of aliphatic hydroxyl groups excluding tert-OH is 1. The minimum Gasteiger partial charge on any atom is -0.394 e. The van der Waals surface area contributed by atoms with Crippen molar-refractivity contribution in [1.29, 1.82) is 0 Å². The van der Waals surface area contributed by atoms with Gasteiger partial charge in [0, 0.05) is 18.8 Å². The lowest BCUT2D eigenvalue weighted by Gasteiger charge is -2.21. The van der Waals surface area contributed by atoms with Gasteiger partial charge in [-0.15, -0.1) is 0 Å². The molecule has 2 atom stereocenters.